The molecule has 160 valence electrons. The number of thiophene rings is 1. The van der Waals surface area contributed by atoms with Gasteiger partial charge >= 0.3 is 0 Å². The van der Waals surface area contributed by atoms with E-state index in [0.717, 1.165) is 31.4 Å². The molecule has 2 aromatic rings. The summed E-state index contributed by atoms with van der Waals surface area (Å²) < 4.78 is 27.5. The third kappa shape index (κ3) is 6.54. The minimum Gasteiger partial charge on any atom is -0.326 e. The molecule has 0 unspecified atom stereocenters. The lowest BCUT2D eigenvalue weighted by Gasteiger charge is -2.27. The first-order valence-corrected chi connectivity index (χ1v) is 12.2. The number of sulfonamides is 1. The summed E-state index contributed by atoms with van der Waals surface area (Å²) >= 11 is 1.22. The summed E-state index contributed by atoms with van der Waals surface area (Å²) in [5, 5.41) is 4.78. The van der Waals surface area contributed by atoms with E-state index < -0.39 is 10.0 Å². The maximum Gasteiger partial charge on any atom is 0.250 e. The van der Waals surface area contributed by atoms with Crippen molar-refractivity contribution in [1.29, 1.82) is 0 Å². The average molecular weight is 457 g/mol. The second-order valence-electron chi connectivity index (χ2n) is 7.77. The van der Waals surface area contributed by atoms with Crippen LogP contribution in [0.4, 0.5) is 5.69 Å². The number of nitrogens with one attached hydrogen (secondary N) is 2. The monoisotopic (exact) mass is 456 g/mol. The molecule has 1 aromatic heterocycles. The van der Waals surface area contributed by atoms with Crippen LogP contribution in [0, 0.1) is 11.8 Å². The highest BCUT2D eigenvalue weighted by Gasteiger charge is 2.27. The smallest absolute Gasteiger partial charge is 0.250 e. The molecule has 8 heteroatoms. The summed E-state index contributed by atoms with van der Waals surface area (Å²) in [4.78, 5) is 12.5. The fourth-order valence-electron chi connectivity index (χ4n) is 3.54. The SMILES string of the molecule is CC(C)c1ccc(NC(=O)C2CCC(CNS(=O)(=O)c3cccs3)CC2)cc1.Cl. The van der Waals surface area contributed by atoms with Crippen LogP contribution in [0.25, 0.3) is 0 Å². The number of anilines is 1. The Bertz CT molecular complexity index is 873. The van der Waals surface area contributed by atoms with Crippen LogP contribution < -0.4 is 10.0 Å². The lowest BCUT2D eigenvalue weighted by Crippen LogP contribution is -2.33. The number of hydrogen-bond donors (Lipinski definition) is 2. The van der Waals surface area contributed by atoms with Crippen LogP contribution in [0.2, 0.25) is 0 Å². The molecule has 3 rings (SSSR count). The quantitative estimate of drug-likeness (QED) is 0.614. The maximum atomic E-state index is 12.5. The Kier molecular flexibility index (Phi) is 8.70. The Balaban J connectivity index is 0.00000300. The summed E-state index contributed by atoms with van der Waals surface area (Å²) in [6.45, 7) is 4.73. The van der Waals surface area contributed by atoms with E-state index in [1.807, 2.05) is 12.1 Å². The first-order valence-electron chi connectivity index (χ1n) is 9.79. The molecule has 1 aliphatic carbocycles. The fraction of sp³-hybridized carbons (Fsp3) is 0.476. The number of carbonyl (C=O) groups excluding carboxylic acids is 1. The third-order valence-electron chi connectivity index (χ3n) is 5.38. The Morgan fingerprint density at radius 2 is 1.76 bits per heavy atom. The van der Waals surface area contributed by atoms with E-state index in [1.165, 1.54) is 16.9 Å². The van der Waals surface area contributed by atoms with Crippen LogP contribution in [-0.2, 0) is 14.8 Å². The number of hydrogen-bond acceptors (Lipinski definition) is 4. The van der Waals surface area contributed by atoms with E-state index in [0.29, 0.717) is 16.7 Å². The second kappa shape index (κ2) is 10.6. The topological polar surface area (TPSA) is 75.3 Å². The molecular formula is C21H29ClN2O3S2. The van der Waals surface area contributed by atoms with Gasteiger partial charge in [-0.1, -0.05) is 32.0 Å². The van der Waals surface area contributed by atoms with Gasteiger partial charge in [-0.15, -0.1) is 23.7 Å². The molecule has 0 radical (unpaired) electrons. The van der Waals surface area contributed by atoms with Crippen molar-refractivity contribution >= 4 is 45.4 Å². The highest BCUT2D eigenvalue weighted by molar-refractivity contribution is 7.91. The summed E-state index contributed by atoms with van der Waals surface area (Å²) in [6, 6.07) is 11.4. The van der Waals surface area contributed by atoms with Gasteiger partial charge in [-0.05, 0) is 66.7 Å². The lowest BCUT2D eigenvalue weighted by molar-refractivity contribution is -0.121. The predicted octanol–water partition coefficient (Wildman–Crippen LogP) is 5.02. The number of carbonyl (C=O) groups is 1. The van der Waals surface area contributed by atoms with Crippen molar-refractivity contribution in [2.45, 2.75) is 49.7 Å². The van der Waals surface area contributed by atoms with Gasteiger partial charge in [0.1, 0.15) is 4.21 Å². The molecular weight excluding hydrogens is 428 g/mol. The molecule has 0 saturated heterocycles. The molecule has 1 aliphatic rings. The predicted molar refractivity (Wildman–Crippen MR) is 121 cm³/mol. The Hall–Kier alpha value is -1.41. The van der Waals surface area contributed by atoms with Crippen molar-refractivity contribution in [3.05, 3.63) is 47.3 Å². The molecule has 1 aromatic carbocycles. The first-order chi connectivity index (χ1) is 13.3. The van der Waals surface area contributed by atoms with Gasteiger partial charge in [-0.3, -0.25) is 4.79 Å². The highest BCUT2D eigenvalue weighted by atomic mass is 35.5. The summed E-state index contributed by atoms with van der Waals surface area (Å²) in [7, 11) is -3.41. The zero-order chi connectivity index (χ0) is 20.1. The van der Waals surface area contributed by atoms with Gasteiger partial charge in [0.2, 0.25) is 15.9 Å². The maximum absolute atomic E-state index is 12.5. The number of amides is 1. The molecule has 0 atom stereocenters. The van der Waals surface area contributed by atoms with Crippen LogP contribution in [0.3, 0.4) is 0 Å². The van der Waals surface area contributed by atoms with Gasteiger partial charge in [0.05, 0.1) is 0 Å². The molecule has 5 nitrogen and oxygen atoms in total. The number of benzene rings is 1. The van der Waals surface area contributed by atoms with Crippen LogP contribution in [0.5, 0.6) is 0 Å². The van der Waals surface area contributed by atoms with Crippen LogP contribution in [0.1, 0.15) is 51.0 Å². The average Bonchev–Trinajstić information content (AvgIpc) is 3.23. The fourth-order valence-corrected chi connectivity index (χ4v) is 5.69. The van der Waals surface area contributed by atoms with Gasteiger partial charge in [0.25, 0.3) is 0 Å². The van der Waals surface area contributed by atoms with Crippen molar-refractivity contribution in [2.75, 3.05) is 11.9 Å². The van der Waals surface area contributed by atoms with Crippen LogP contribution in [0.15, 0.2) is 46.0 Å². The summed E-state index contributed by atoms with van der Waals surface area (Å²) in [5.74, 6) is 0.811. The molecule has 1 saturated carbocycles. The minimum atomic E-state index is -3.41. The van der Waals surface area contributed by atoms with E-state index in [2.05, 4.69) is 36.0 Å². The molecule has 0 bridgehead atoms. The molecule has 0 aliphatic heterocycles. The highest BCUT2D eigenvalue weighted by Crippen LogP contribution is 2.30. The van der Waals surface area contributed by atoms with Gasteiger partial charge in [-0.2, -0.15) is 0 Å². The van der Waals surface area contributed by atoms with Crippen molar-refractivity contribution in [1.82, 2.24) is 4.72 Å². The lowest BCUT2D eigenvalue weighted by atomic mass is 9.81. The van der Waals surface area contributed by atoms with Gasteiger partial charge in [0.15, 0.2) is 0 Å². The van der Waals surface area contributed by atoms with Gasteiger partial charge < -0.3 is 5.32 Å². The van der Waals surface area contributed by atoms with Crippen molar-refractivity contribution in [3.63, 3.8) is 0 Å². The molecule has 2 N–H and O–H groups in total. The van der Waals surface area contributed by atoms with E-state index in [-0.39, 0.29) is 30.2 Å². The molecule has 0 spiro atoms. The van der Waals surface area contributed by atoms with E-state index in [9.17, 15) is 13.2 Å². The Morgan fingerprint density at radius 1 is 1.10 bits per heavy atom. The van der Waals surface area contributed by atoms with Gasteiger partial charge in [0, 0.05) is 18.2 Å². The molecule has 29 heavy (non-hydrogen) atoms. The molecule has 1 fully saturated rings. The Labute approximate surface area is 183 Å². The summed E-state index contributed by atoms with van der Waals surface area (Å²) in [5.41, 5.74) is 2.09. The second-order valence-corrected chi connectivity index (χ2v) is 10.7. The Morgan fingerprint density at radius 3 is 2.31 bits per heavy atom. The first kappa shape index (κ1) is 23.9. The normalized spacial score (nSPS) is 19.6. The standard InChI is InChI=1S/C21H28N2O3S2.ClH/c1-15(2)17-9-11-19(12-10-17)23-21(24)18-7-5-16(6-8-18)14-22-28(25,26)20-4-3-13-27-20;/h3-4,9-13,15-16,18,22H,5-8,14H2,1-2H3,(H,23,24);1H. The summed E-state index contributed by atoms with van der Waals surface area (Å²) in [6.07, 6.45) is 3.30. The third-order valence-corrected chi connectivity index (χ3v) is 8.21. The molecule has 1 amide bonds. The van der Waals surface area contributed by atoms with E-state index >= 15 is 0 Å². The van der Waals surface area contributed by atoms with E-state index in [1.54, 1.807) is 17.5 Å². The molecule has 1 heterocycles. The number of rotatable bonds is 7. The van der Waals surface area contributed by atoms with Gasteiger partial charge in [-0.25, -0.2) is 13.1 Å². The van der Waals surface area contributed by atoms with Crippen molar-refractivity contribution in [2.24, 2.45) is 11.8 Å². The van der Waals surface area contributed by atoms with Crippen molar-refractivity contribution < 1.29 is 13.2 Å². The van der Waals surface area contributed by atoms with Crippen molar-refractivity contribution in [3.8, 4) is 0 Å². The zero-order valence-electron chi connectivity index (χ0n) is 16.8. The number of halogens is 1. The minimum absolute atomic E-state index is 0. The zero-order valence-corrected chi connectivity index (χ0v) is 19.2. The largest absolute Gasteiger partial charge is 0.326 e. The van der Waals surface area contributed by atoms with Crippen LogP contribution >= 0.6 is 23.7 Å². The van der Waals surface area contributed by atoms with E-state index in [4.69, 9.17) is 0 Å². The van der Waals surface area contributed by atoms with Crippen LogP contribution in [-0.4, -0.2) is 20.9 Å².